The van der Waals surface area contributed by atoms with Gasteiger partial charge in [0.15, 0.2) is 0 Å². The minimum absolute atomic E-state index is 0.241. The van der Waals surface area contributed by atoms with Crippen LogP contribution in [0.15, 0.2) is 0 Å². The van der Waals surface area contributed by atoms with Crippen molar-refractivity contribution in [3.63, 3.8) is 0 Å². The zero-order valence-corrected chi connectivity index (χ0v) is 7.63. The number of hydrogen-bond donors (Lipinski definition) is 1. The molecule has 0 aromatic rings. The molecule has 2 atom stereocenters. The standard InChI is InChI=1S/C8H18N2O/c1-4-10(3)6-8-5-9-7(2)11-8/h7-9H,4-6H2,1-3H3. The molecule has 2 unspecified atom stereocenters. The molecule has 3 nitrogen and oxygen atoms in total. The van der Waals surface area contributed by atoms with Crippen LogP contribution in [-0.4, -0.2) is 43.9 Å². The summed E-state index contributed by atoms with van der Waals surface area (Å²) in [6, 6.07) is 0. The van der Waals surface area contributed by atoms with E-state index in [9.17, 15) is 0 Å². The van der Waals surface area contributed by atoms with Gasteiger partial charge in [-0.3, -0.25) is 5.32 Å². The van der Waals surface area contributed by atoms with E-state index in [1.807, 2.05) is 6.92 Å². The normalized spacial score (nSPS) is 31.6. The molecular formula is C8H18N2O. The largest absolute Gasteiger partial charge is 0.358 e. The van der Waals surface area contributed by atoms with Gasteiger partial charge >= 0.3 is 0 Å². The van der Waals surface area contributed by atoms with Gasteiger partial charge in [0.25, 0.3) is 0 Å². The van der Waals surface area contributed by atoms with Gasteiger partial charge in [0.1, 0.15) is 6.23 Å². The van der Waals surface area contributed by atoms with Crippen molar-refractivity contribution in [2.75, 3.05) is 26.7 Å². The molecule has 0 radical (unpaired) electrons. The fraction of sp³-hybridized carbons (Fsp3) is 1.00. The lowest BCUT2D eigenvalue weighted by Gasteiger charge is -2.17. The zero-order valence-electron chi connectivity index (χ0n) is 7.63. The Hall–Kier alpha value is -0.120. The molecule has 1 aliphatic rings. The first-order valence-corrected chi connectivity index (χ1v) is 4.29. The van der Waals surface area contributed by atoms with Crippen molar-refractivity contribution < 1.29 is 4.74 Å². The number of rotatable bonds is 3. The SMILES string of the molecule is CCN(C)CC1CNC(C)O1. The van der Waals surface area contributed by atoms with E-state index < -0.39 is 0 Å². The van der Waals surface area contributed by atoms with Crippen LogP contribution in [0.1, 0.15) is 13.8 Å². The van der Waals surface area contributed by atoms with E-state index in [2.05, 4.69) is 24.2 Å². The summed E-state index contributed by atoms with van der Waals surface area (Å²) in [5.74, 6) is 0. The predicted octanol–water partition coefficient (Wildman–Crippen LogP) is 0.272. The number of nitrogens with zero attached hydrogens (tertiary/aromatic N) is 1. The lowest BCUT2D eigenvalue weighted by atomic mass is 10.3. The van der Waals surface area contributed by atoms with Crippen molar-refractivity contribution >= 4 is 0 Å². The van der Waals surface area contributed by atoms with Gasteiger partial charge in [-0.2, -0.15) is 0 Å². The molecule has 1 aliphatic heterocycles. The van der Waals surface area contributed by atoms with E-state index in [1.54, 1.807) is 0 Å². The fourth-order valence-electron chi connectivity index (χ4n) is 1.27. The molecule has 0 amide bonds. The minimum atomic E-state index is 0.241. The Kier molecular flexibility index (Phi) is 3.30. The maximum absolute atomic E-state index is 5.58. The summed E-state index contributed by atoms with van der Waals surface area (Å²) >= 11 is 0. The molecule has 0 saturated carbocycles. The van der Waals surface area contributed by atoms with Crippen LogP contribution in [0.5, 0.6) is 0 Å². The van der Waals surface area contributed by atoms with Gasteiger partial charge in [0.05, 0.1) is 6.10 Å². The first-order chi connectivity index (χ1) is 5.22. The van der Waals surface area contributed by atoms with Gasteiger partial charge in [0, 0.05) is 13.1 Å². The molecule has 1 fully saturated rings. The Morgan fingerprint density at radius 2 is 2.36 bits per heavy atom. The van der Waals surface area contributed by atoms with Crippen LogP contribution in [0.2, 0.25) is 0 Å². The molecule has 11 heavy (non-hydrogen) atoms. The van der Waals surface area contributed by atoms with Crippen LogP contribution >= 0.6 is 0 Å². The molecule has 1 heterocycles. The quantitative estimate of drug-likeness (QED) is 0.638. The molecule has 3 heteroatoms. The van der Waals surface area contributed by atoms with Crippen molar-refractivity contribution in [3.8, 4) is 0 Å². The Morgan fingerprint density at radius 1 is 1.64 bits per heavy atom. The smallest absolute Gasteiger partial charge is 0.105 e. The van der Waals surface area contributed by atoms with Gasteiger partial charge in [-0.05, 0) is 20.5 Å². The second-order valence-electron chi connectivity index (χ2n) is 3.16. The Balaban J connectivity index is 2.17. The summed E-state index contributed by atoms with van der Waals surface area (Å²) in [5, 5.41) is 3.25. The highest BCUT2D eigenvalue weighted by Gasteiger charge is 2.21. The first-order valence-electron chi connectivity index (χ1n) is 4.29. The first kappa shape index (κ1) is 8.97. The molecule has 0 aromatic heterocycles. The van der Waals surface area contributed by atoms with Gasteiger partial charge in [-0.1, -0.05) is 6.92 Å². The van der Waals surface area contributed by atoms with Crippen molar-refractivity contribution in [1.82, 2.24) is 10.2 Å². The van der Waals surface area contributed by atoms with Gasteiger partial charge < -0.3 is 9.64 Å². The van der Waals surface area contributed by atoms with Crippen LogP contribution in [0.3, 0.4) is 0 Å². The zero-order chi connectivity index (χ0) is 8.27. The van der Waals surface area contributed by atoms with E-state index >= 15 is 0 Å². The molecule has 1 saturated heterocycles. The third-order valence-electron chi connectivity index (χ3n) is 2.08. The number of hydrogen-bond acceptors (Lipinski definition) is 3. The van der Waals surface area contributed by atoms with Crippen molar-refractivity contribution in [1.29, 1.82) is 0 Å². The number of likely N-dealkylation sites (N-methyl/N-ethyl adjacent to an activating group) is 1. The molecule has 66 valence electrons. The number of ether oxygens (including phenoxy) is 1. The molecule has 0 aliphatic carbocycles. The summed E-state index contributed by atoms with van der Waals surface area (Å²) in [5.41, 5.74) is 0. The second-order valence-corrected chi connectivity index (χ2v) is 3.16. The fourth-order valence-corrected chi connectivity index (χ4v) is 1.27. The molecule has 1 rings (SSSR count). The van der Waals surface area contributed by atoms with Crippen molar-refractivity contribution in [3.05, 3.63) is 0 Å². The van der Waals surface area contributed by atoms with Gasteiger partial charge in [0.2, 0.25) is 0 Å². The molecule has 0 spiro atoms. The average molecular weight is 158 g/mol. The minimum Gasteiger partial charge on any atom is -0.358 e. The van der Waals surface area contributed by atoms with Crippen LogP contribution in [-0.2, 0) is 4.74 Å². The lowest BCUT2D eigenvalue weighted by molar-refractivity contribution is 0.0363. The van der Waals surface area contributed by atoms with Crippen LogP contribution in [0.25, 0.3) is 0 Å². The van der Waals surface area contributed by atoms with Crippen LogP contribution in [0, 0.1) is 0 Å². The third kappa shape index (κ3) is 2.77. The average Bonchev–Trinajstić information content (AvgIpc) is 2.35. The summed E-state index contributed by atoms with van der Waals surface area (Å²) < 4.78 is 5.58. The van der Waals surface area contributed by atoms with E-state index in [1.165, 1.54) is 0 Å². The summed E-state index contributed by atoms with van der Waals surface area (Å²) in [4.78, 5) is 2.27. The number of nitrogens with one attached hydrogen (secondary N) is 1. The highest BCUT2D eigenvalue weighted by molar-refractivity contribution is 4.73. The maximum Gasteiger partial charge on any atom is 0.105 e. The van der Waals surface area contributed by atoms with Crippen molar-refractivity contribution in [2.24, 2.45) is 0 Å². The Labute approximate surface area is 68.7 Å². The Morgan fingerprint density at radius 3 is 2.82 bits per heavy atom. The topological polar surface area (TPSA) is 24.5 Å². The van der Waals surface area contributed by atoms with E-state index in [0.29, 0.717) is 6.10 Å². The van der Waals surface area contributed by atoms with Gasteiger partial charge in [-0.25, -0.2) is 0 Å². The summed E-state index contributed by atoms with van der Waals surface area (Å²) in [6.45, 7) is 7.32. The van der Waals surface area contributed by atoms with E-state index in [0.717, 1.165) is 19.6 Å². The molecule has 0 aromatic carbocycles. The van der Waals surface area contributed by atoms with Crippen LogP contribution in [0.4, 0.5) is 0 Å². The predicted molar refractivity (Wildman–Crippen MR) is 45.5 cm³/mol. The lowest BCUT2D eigenvalue weighted by Crippen LogP contribution is -2.31. The second kappa shape index (κ2) is 4.04. The highest BCUT2D eigenvalue weighted by Crippen LogP contribution is 2.04. The monoisotopic (exact) mass is 158 g/mol. The molecular weight excluding hydrogens is 140 g/mol. The highest BCUT2D eigenvalue weighted by atomic mass is 16.5. The van der Waals surface area contributed by atoms with Gasteiger partial charge in [-0.15, -0.1) is 0 Å². The van der Waals surface area contributed by atoms with Crippen LogP contribution < -0.4 is 5.32 Å². The summed E-state index contributed by atoms with van der Waals surface area (Å²) in [6.07, 6.45) is 0.625. The maximum atomic E-state index is 5.58. The van der Waals surface area contributed by atoms with E-state index in [-0.39, 0.29) is 6.23 Å². The third-order valence-corrected chi connectivity index (χ3v) is 2.08. The van der Waals surface area contributed by atoms with E-state index in [4.69, 9.17) is 4.74 Å². The molecule has 0 bridgehead atoms. The Bertz CT molecular complexity index is 119. The molecule has 1 N–H and O–H groups in total. The summed E-state index contributed by atoms with van der Waals surface area (Å²) in [7, 11) is 2.12. The van der Waals surface area contributed by atoms with Crippen molar-refractivity contribution in [2.45, 2.75) is 26.2 Å².